The van der Waals surface area contributed by atoms with E-state index in [9.17, 15) is 24.6 Å². The molecule has 1 aromatic carbocycles. The zero-order chi connectivity index (χ0) is 46.7. The first-order valence-electron chi connectivity index (χ1n) is 24.8. The van der Waals surface area contributed by atoms with E-state index in [2.05, 4.69) is 49.6 Å². The second-order valence-corrected chi connectivity index (χ2v) is 23.2. The number of allylic oxidation sites excluding steroid dienone is 1. The normalized spacial score (nSPS) is 38.1. The zero-order valence-electron chi connectivity index (χ0n) is 39.7. The molecule has 13 atom stereocenters. The van der Waals surface area contributed by atoms with Gasteiger partial charge in [-0.05, 0) is 127 Å². The number of aliphatic hydroxyl groups is 2. The average molecular weight is 918 g/mol. The van der Waals surface area contributed by atoms with E-state index in [1.807, 2.05) is 12.1 Å². The molecule has 15 nitrogen and oxygen atoms in total. The third-order valence-electron chi connectivity index (χ3n) is 16.7. The van der Waals surface area contributed by atoms with E-state index < -0.39 is 95.8 Å². The number of amides is 2. The molecule has 0 spiro atoms. The molecule has 15 heteroatoms. The van der Waals surface area contributed by atoms with Crippen LogP contribution in [0, 0.1) is 34.5 Å². The molecule has 1 aromatic rings. The van der Waals surface area contributed by atoms with E-state index in [4.69, 9.17) is 28.5 Å². The fourth-order valence-corrected chi connectivity index (χ4v) is 12.9. The quantitative estimate of drug-likeness (QED) is 0.144. The van der Waals surface area contributed by atoms with Crippen molar-refractivity contribution in [3.8, 4) is 0 Å². The van der Waals surface area contributed by atoms with Crippen molar-refractivity contribution >= 4 is 29.8 Å². The number of hydroxylamine groups is 2. The van der Waals surface area contributed by atoms with Crippen LogP contribution in [-0.4, -0.2) is 117 Å². The Morgan fingerprint density at radius 2 is 1.65 bits per heavy atom. The number of aliphatic hydroxyl groups excluding tert-OH is 2. The lowest BCUT2D eigenvalue weighted by atomic mass is 9.52. The molecule has 9 aliphatic rings. The first-order valence-corrected chi connectivity index (χ1v) is 24.8. The highest BCUT2D eigenvalue weighted by atomic mass is 16.8. The van der Waals surface area contributed by atoms with Gasteiger partial charge >= 0.3 is 11.9 Å². The van der Waals surface area contributed by atoms with Gasteiger partial charge in [-0.1, -0.05) is 49.8 Å². The van der Waals surface area contributed by atoms with Crippen molar-refractivity contribution in [3.63, 3.8) is 0 Å². The fourth-order valence-electron chi connectivity index (χ4n) is 12.9. The Kier molecular flexibility index (Phi) is 11.7. The van der Waals surface area contributed by atoms with E-state index in [0.717, 1.165) is 56.1 Å². The van der Waals surface area contributed by atoms with E-state index in [0.29, 0.717) is 23.4 Å². The molecule has 0 aromatic heterocycles. The lowest BCUT2D eigenvalue weighted by Crippen LogP contribution is -2.71. The third kappa shape index (κ3) is 8.33. The molecule has 9 fully saturated rings. The Balaban J connectivity index is 0.903. The van der Waals surface area contributed by atoms with Gasteiger partial charge in [0.15, 0.2) is 11.8 Å². The summed E-state index contributed by atoms with van der Waals surface area (Å²) in [6.45, 7) is 13.4. The number of epoxide rings is 1. The van der Waals surface area contributed by atoms with Crippen LogP contribution in [0.25, 0.3) is 6.08 Å². The average Bonchev–Trinajstić information content (AvgIpc) is 4.20. The maximum atomic E-state index is 15.2. The Morgan fingerprint density at radius 1 is 0.955 bits per heavy atom. The summed E-state index contributed by atoms with van der Waals surface area (Å²) in [6.07, 6.45) is 7.57. The number of carbonyl (C=O) groups excluding carboxylic acids is 4. The second kappa shape index (κ2) is 16.6. The first kappa shape index (κ1) is 46.3. The van der Waals surface area contributed by atoms with Crippen molar-refractivity contribution in [2.75, 3.05) is 6.61 Å². The molecule has 362 valence electrons. The molecule has 5 aliphatic carbocycles. The summed E-state index contributed by atoms with van der Waals surface area (Å²) < 4.78 is 31.7. The van der Waals surface area contributed by atoms with E-state index in [1.54, 1.807) is 25.8 Å². The van der Waals surface area contributed by atoms with Crippen molar-refractivity contribution in [2.24, 2.45) is 34.5 Å². The standard InChI is InChI=1S/C51H71N3O12/c1-27(56)39(44(58)52-33(26-55)17-19-38(57)63-47(2,3)4)53-46(60)50-24-36-40-41(65-51(64-40,31-13-14-31)32-15-16-32)43(50)66-54(42(50)45(59)61-36)25-29-10-8-28(9-11-29)22-30-12-18-37-49(7,62-37)21-20-35-34(30)23-48(35,5)6/h8-11,22,27,31-37,39-43,55-56H,12-21,23-26H2,1-7H3,(H,52,58)(H,53,60). The van der Waals surface area contributed by atoms with Gasteiger partial charge in [0.1, 0.15) is 41.5 Å². The van der Waals surface area contributed by atoms with Crippen LogP contribution in [0.5, 0.6) is 0 Å². The lowest BCUT2D eigenvalue weighted by Gasteiger charge is -2.53. The van der Waals surface area contributed by atoms with Crippen LogP contribution in [-0.2, 0) is 54.2 Å². The monoisotopic (exact) mass is 918 g/mol. The Morgan fingerprint density at radius 3 is 2.29 bits per heavy atom. The smallest absolute Gasteiger partial charge is 0.327 e. The third-order valence-corrected chi connectivity index (χ3v) is 16.7. The van der Waals surface area contributed by atoms with Crippen LogP contribution in [0.4, 0.5) is 0 Å². The summed E-state index contributed by atoms with van der Waals surface area (Å²) in [5, 5.41) is 28.3. The summed E-state index contributed by atoms with van der Waals surface area (Å²) in [5.74, 6) is -1.77. The maximum Gasteiger partial charge on any atom is 0.327 e. The number of carbonyl (C=O) groups is 4. The van der Waals surface area contributed by atoms with Gasteiger partial charge in [0, 0.05) is 24.7 Å². The summed E-state index contributed by atoms with van der Waals surface area (Å²) in [7, 11) is 0. The largest absolute Gasteiger partial charge is 0.460 e. The SMILES string of the molecule is CC(O)C(NC(=O)C12CC3OC(=O)C1N(Cc1ccc(C=C4CCC5OC5(C)CCC5C4CC5(C)C)cc1)OC2C1OC(C2CC2)(C2CC2)OC31)C(=O)NC(CO)CCC(=O)OC(C)(C)C. The van der Waals surface area contributed by atoms with E-state index in [1.165, 1.54) is 25.3 Å². The number of nitrogens with zero attached hydrogens (tertiary/aromatic N) is 1. The molecular weight excluding hydrogens is 847 g/mol. The topological polar surface area (TPSA) is 195 Å². The van der Waals surface area contributed by atoms with Crippen molar-refractivity contribution in [1.29, 1.82) is 0 Å². The molecule has 2 amide bonds. The highest BCUT2D eigenvalue weighted by Crippen LogP contribution is 2.64. The molecule has 4 N–H and O–H groups in total. The van der Waals surface area contributed by atoms with Gasteiger partial charge in [-0.25, -0.2) is 0 Å². The molecule has 0 radical (unpaired) electrons. The number of rotatable bonds is 14. The summed E-state index contributed by atoms with van der Waals surface area (Å²) in [5.41, 5.74) is 1.52. The van der Waals surface area contributed by atoms with Crippen molar-refractivity contribution in [1.82, 2.24) is 15.7 Å². The number of fused-ring (bicyclic) bond motifs is 6. The number of benzene rings is 1. The minimum atomic E-state index is -1.58. The summed E-state index contributed by atoms with van der Waals surface area (Å²) in [4.78, 5) is 62.8. The number of nitrogens with one attached hydrogen (secondary N) is 2. The van der Waals surface area contributed by atoms with Crippen LogP contribution in [0.2, 0.25) is 0 Å². The van der Waals surface area contributed by atoms with Crippen molar-refractivity contribution in [3.05, 3.63) is 41.0 Å². The minimum Gasteiger partial charge on any atom is -0.460 e. The first-order chi connectivity index (χ1) is 31.2. The van der Waals surface area contributed by atoms with Crippen LogP contribution in [0.1, 0.15) is 137 Å². The predicted octanol–water partition coefficient (Wildman–Crippen LogP) is 5.03. The van der Waals surface area contributed by atoms with E-state index in [-0.39, 0.29) is 43.2 Å². The molecule has 2 bridgehead atoms. The summed E-state index contributed by atoms with van der Waals surface area (Å²) in [6, 6.07) is 4.75. The van der Waals surface area contributed by atoms with E-state index >= 15 is 4.79 Å². The van der Waals surface area contributed by atoms with Gasteiger partial charge in [-0.3, -0.25) is 24.0 Å². The Bertz CT molecular complexity index is 2100. The molecule has 10 rings (SSSR count). The van der Waals surface area contributed by atoms with Crippen molar-refractivity contribution in [2.45, 2.75) is 204 Å². The van der Waals surface area contributed by atoms with Crippen LogP contribution < -0.4 is 10.6 Å². The molecule has 13 unspecified atom stereocenters. The van der Waals surface area contributed by atoms with Crippen LogP contribution >= 0.6 is 0 Å². The number of esters is 2. The maximum absolute atomic E-state index is 15.2. The Labute approximate surface area is 388 Å². The molecule has 66 heavy (non-hydrogen) atoms. The highest BCUT2D eigenvalue weighted by molar-refractivity contribution is 5.96. The van der Waals surface area contributed by atoms with Gasteiger partial charge < -0.3 is 44.5 Å². The van der Waals surface area contributed by atoms with Gasteiger partial charge in [0.2, 0.25) is 11.8 Å². The highest BCUT2D eigenvalue weighted by Gasteiger charge is 2.78. The predicted molar refractivity (Wildman–Crippen MR) is 238 cm³/mol. The second-order valence-electron chi connectivity index (χ2n) is 23.2. The number of hydrogen-bond donors (Lipinski definition) is 4. The lowest BCUT2D eigenvalue weighted by molar-refractivity contribution is -0.235. The summed E-state index contributed by atoms with van der Waals surface area (Å²) >= 11 is 0. The van der Waals surface area contributed by atoms with Gasteiger partial charge in [-0.2, -0.15) is 5.06 Å². The number of ether oxygens (including phenoxy) is 5. The van der Waals surface area contributed by atoms with Crippen molar-refractivity contribution < 1.29 is 57.9 Å². The Hall–Kier alpha value is -3.44. The fraction of sp³-hybridized carbons (Fsp3) is 0.765. The van der Waals surface area contributed by atoms with Gasteiger partial charge in [0.05, 0.1) is 37.0 Å². The molecular formula is C51H71N3O12. The van der Waals surface area contributed by atoms with Crippen LogP contribution in [0.15, 0.2) is 29.8 Å². The molecule has 5 saturated carbocycles. The van der Waals surface area contributed by atoms with Gasteiger partial charge in [-0.15, -0.1) is 0 Å². The zero-order valence-corrected chi connectivity index (χ0v) is 39.7. The number of hydrogen-bond acceptors (Lipinski definition) is 13. The molecule has 4 saturated heterocycles. The minimum absolute atomic E-state index is 0.0197. The molecule has 4 heterocycles. The molecule has 4 aliphatic heterocycles. The van der Waals surface area contributed by atoms with Crippen LogP contribution in [0.3, 0.4) is 0 Å². The van der Waals surface area contributed by atoms with Gasteiger partial charge in [0.25, 0.3) is 0 Å².